The molecule has 3 aromatic rings. The van der Waals surface area contributed by atoms with Crippen LogP contribution < -0.4 is 19.1 Å². The molecule has 16 nitrogen and oxygen atoms in total. The Hall–Kier alpha value is -5.51. The van der Waals surface area contributed by atoms with E-state index in [-0.39, 0.29) is 18.6 Å². The molecule has 0 spiro atoms. The number of likely N-dealkylation sites (N-methyl/N-ethyl adjacent to an activating group) is 1. The molecule has 0 aliphatic heterocycles. The summed E-state index contributed by atoms with van der Waals surface area (Å²) < 4.78 is 16.8. The Morgan fingerprint density at radius 1 is 0.812 bits per heavy atom. The van der Waals surface area contributed by atoms with Crippen molar-refractivity contribution in [2.45, 2.75) is 46.6 Å². The van der Waals surface area contributed by atoms with Crippen LogP contribution >= 0.6 is 0 Å². The number of hydrogen-bond donors (Lipinski definition) is 1. The Balaban J connectivity index is 0.000000419. The van der Waals surface area contributed by atoms with E-state index in [2.05, 4.69) is 32.6 Å². The number of aromatic hydroxyl groups is 1. The topological polar surface area (TPSA) is 201 Å². The number of nitrogens with zero attached hydrogens (tertiary/aromatic N) is 5. The van der Waals surface area contributed by atoms with Crippen LogP contribution in [0.4, 0.5) is 22.7 Å². The van der Waals surface area contributed by atoms with Gasteiger partial charge >= 0.3 is 11.4 Å². The van der Waals surface area contributed by atoms with E-state index in [0.29, 0.717) is 24.5 Å². The van der Waals surface area contributed by atoms with Gasteiger partial charge in [-0.15, -0.1) is 0 Å². The van der Waals surface area contributed by atoms with Crippen molar-refractivity contribution in [2.75, 3.05) is 44.9 Å². The highest BCUT2D eigenvalue weighted by Gasteiger charge is 2.30. The van der Waals surface area contributed by atoms with Gasteiger partial charge in [0, 0.05) is 18.3 Å². The number of rotatable bonds is 17. The number of carbonyl (C=O) groups excluding carboxylic acids is 1. The van der Waals surface area contributed by atoms with Crippen molar-refractivity contribution in [2.24, 2.45) is 0 Å². The number of methoxy groups -OCH3 is 1. The Morgan fingerprint density at radius 2 is 1.31 bits per heavy atom. The summed E-state index contributed by atoms with van der Waals surface area (Å²) in [6, 6.07) is 15.9. The van der Waals surface area contributed by atoms with Crippen molar-refractivity contribution in [1.29, 1.82) is 0 Å². The first-order valence-electron chi connectivity index (χ1n) is 15.2. The van der Waals surface area contributed by atoms with Gasteiger partial charge in [0.15, 0.2) is 6.61 Å². The second-order valence-electron chi connectivity index (χ2n) is 10.4. The molecule has 0 saturated carbocycles. The second-order valence-corrected chi connectivity index (χ2v) is 10.4. The van der Waals surface area contributed by atoms with Crippen molar-refractivity contribution in [3.05, 3.63) is 91.0 Å². The summed E-state index contributed by atoms with van der Waals surface area (Å²) in [6.45, 7) is 11.8. The first-order chi connectivity index (χ1) is 22.9. The lowest BCUT2D eigenvalue weighted by molar-refractivity contribution is -0.404. The van der Waals surface area contributed by atoms with Gasteiger partial charge in [0.1, 0.15) is 17.2 Å². The summed E-state index contributed by atoms with van der Waals surface area (Å²) in [4.78, 5) is 45.1. The quantitative estimate of drug-likeness (QED) is 0.0978. The molecule has 3 rings (SSSR count). The van der Waals surface area contributed by atoms with Gasteiger partial charge in [-0.25, -0.2) is 0 Å². The van der Waals surface area contributed by atoms with E-state index in [1.54, 1.807) is 7.11 Å². The maximum Gasteiger partial charge on any atom is 0.324 e. The third-order valence-corrected chi connectivity index (χ3v) is 7.09. The minimum Gasteiger partial charge on any atom is -0.497 e. The van der Waals surface area contributed by atoms with E-state index in [1.165, 1.54) is 0 Å². The summed E-state index contributed by atoms with van der Waals surface area (Å²) in [5, 5.41) is 40.2. The number of benzene rings is 3. The molecule has 0 fully saturated rings. The fourth-order valence-electron chi connectivity index (χ4n) is 4.48. The summed E-state index contributed by atoms with van der Waals surface area (Å²) in [7, 11) is 1.63. The van der Waals surface area contributed by atoms with E-state index >= 15 is 0 Å². The molecule has 3 aromatic carbocycles. The molecule has 1 amide bonds. The lowest BCUT2D eigenvalue weighted by atomic mass is 10.2. The number of phenolic OH excluding ortho intramolecular Hbond substituents is 1. The lowest BCUT2D eigenvalue weighted by Crippen LogP contribution is -2.47. The van der Waals surface area contributed by atoms with Gasteiger partial charge in [-0.2, -0.15) is 0 Å². The normalized spacial score (nSPS) is 11.1. The van der Waals surface area contributed by atoms with Crippen molar-refractivity contribution >= 4 is 28.7 Å². The highest BCUT2D eigenvalue weighted by Crippen LogP contribution is 2.39. The van der Waals surface area contributed by atoms with Crippen LogP contribution in [0.25, 0.3) is 0 Å². The van der Waals surface area contributed by atoms with Crippen LogP contribution in [0, 0.1) is 30.3 Å². The van der Waals surface area contributed by atoms with Crippen LogP contribution in [0.1, 0.15) is 40.5 Å². The van der Waals surface area contributed by atoms with Crippen LogP contribution in [0.5, 0.6) is 23.0 Å². The fourth-order valence-corrected chi connectivity index (χ4v) is 4.48. The number of non-ortho nitro benzene ring substituents is 1. The van der Waals surface area contributed by atoms with Gasteiger partial charge in [-0.1, -0.05) is 27.2 Å². The zero-order valence-electron chi connectivity index (χ0n) is 27.6. The van der Waals surface area contributed by atoms with Crippen molar-refractivity contribution in [1.82, 2.24) is 4.90 Å². The van der Waals surface area contributed by atoms with Crippen LogP contribution in [0.3, 0.4) is 0 Å². The van der Waals surface area contributed by atoms with E-state index in [9.17, 15) is 35.1 Å². The average Bonchev–Trinajstić information content (AvgIpc) is 3.07. The van der Waals surface area contributed by atoms with Crippen molar-refractivity contribution in [3.8, 4) is 23.0 Å². The Kier molecular flexibility index (Phi) is 15.5. The number of unbranched alkanes of at least 4 members (excludes halogenated alkanes) is 1. The largest absolute Gasteiger partial charge is 0.497 e. The summed E-state index contributed by atoms with van der Waals surface area (Å²) in [6.07, 6.45) is 2.13. The van der Waals surface area contributed by atoms with Crippen LogP contribution in [-0.4, -0.2) is 76.7 Å². The molecule has 16 heteroatoms. The van der Waals surface area contributed by atoms with Gasteiger partial charge in [0.2, 0.25) is 0 Å². The highest BCUT2D eigenvalue weighted by atomic mass is 16.6. The minimum absolute atomic E-state index is 0.00580. The lowest BCUT2D eigenvalue weighted by Gasteiger charge is -2.33. The molecule has 0 heterocycles. The number of anilines is 1. The number of nitro benzene ring substituents is 3. The number of nitro groups is 3. The van der Waals surface area contributed by atoms with Gasteiger partial charge < -0.3 is 29.1 Å². The Morgan fingerprint density at radius 3 is 1.75 bits per heavy atom. The first kappa shape index (κ1) is 38.7. The van der Waals surface area contributed by atoms with Crippen molar-refractivity contribution in [3.63, 3.8) is 0 Å². The number of hydrogen-bond acceptors (Lipinski definition) is 12. The smallest absolute Gasteiger partial charge is 0.324 e. The molecule has 1 unspecified atom stereocenters. The van der Waals surface area contributed by atoms with E-state index in [4.69, 9.17) is 19.3 Å². The van der Waals surface area contributed by atoms with Crippen molar-refractivity contribution < 1.29 is 38.9 Å². The Labute approximate surface area is 277 Å². The van der Waals surface area contributed by atoms with Crippen LogP contribution in [0.15, 0.2) is 60.7 Å². The molecule has 0 bridgehead atoms. The molecule has 48 heavy (non-hydrogen) atoms. The van der Waals surface area contributed by atoms with E-state index in [0.717, 1.165) is 49.7 Å². The maximum absolute atomic E-state index is 13.2. The zero-order valence-corrected chi connectivity index (χ0v) is 27.6. The number of phenols is 1. The second kappa shape index (κ2) is 19.2. The van der Waals surface area contributed by atoms with Crippen LogP contribution in [-0.2, 0) is 4.79 Å². The molecule has 260 valence electrons. The number of carbonyl (C=O) groups is 1. The number of ether oxygens (including phenoxy) is 3. The standard InChI is InChI=1S/C26H38N2O4.C6H3N3O7/c1-6-9-18-31-24-14-16-25(17-15-24)32-20-26(29)28(21(4)19-27(7-2)8-3)22-10-12-23(30-5)13-11-22;10-6-4(8(13)14)1-3(7(11)12)2-5(6)9(15)16/h10-17,21H,6-9,18-20H2,1-5H3;1-2,10H. The molecular weight excluding hydrogens is 630 g/mol. The van der Waals surface area contributed by atoms with Gasteiger partial charge in [0.05, 0.1) is 40.6 Å². The third-order valence-electron chi connectivity index (χ3n) is 7.09. The predicted molar refractivity (Wildman–Crippen MR) is 178 cm³/mol. The van der Waals surface area contributed by atoms with Gasteiger partial charge in [-0.05, 0) is 75.0 Å². The molecular formula is C32H41N5O11. The highest BCUT2D eigenvalue weighted by molar-refractivity contribution is 5.95. The summed E-state index contributed by atoms with van der Waals surface area (Å²) >= 11 is 0. The fraction of sp³-hybridized carbons (Fsp3) is 0.406. The molecule has 0 aliphatic carbocycles. The third kappa shape index (κ3) is 11.4. The average molecular weight is 672 g/mol. The molecule has 0 saturated heterocycles. The van der Waals surface area contributed by atoms with E-state index in [1.807, 2.05) is 53.4 Å². The minimum atomic E-state index is -1.21. The zero-order chi connectivity index (χ0) is 35.8. The van der Waals surface area contributed by atoms with Gasteiger partial charge in [0.25, 0.3) is 17.3 Å². The molecule has 0 radical (unpaired) electrons. The van der Waals surface area contributed by atoms with Gasteiger partial charge in [-0.3, -0.25) is 35.1 Å². The summed E-state index contributed by atoms with van der Waals surface area (Å²) in [5.74, 6) is 0.922. The number of amides is 1. The maximum atomic E-state index is 13.2. The molecule has 1 N–H and O–H groups in total. The summed E-state index contributed by atoms with van der Waals surface area (Å²) in [5.41, 5.74) is -2.17. The molecule has 0 aliphatic rings. The predicted octanol–water partition coefficient (Wildman–Crippen LogP) is 6.13. The van der Waals surface area contributed by atoms with E-state index < -0.39 is 37.6 Å². The molecule has 1 atom stereocenters. The monoisotopic (exact) mass is 671 g/mol. The SMILES string of the molecule is CCCCOc1ccc(OCC(=O)N(c2ccc(OC)cc2)C(C)CN(CC)CC)cc1.O=[N+]([O-])c1cc([N+](=O)[O-])c(O)c([N+](=O)[O-])c1. The molecule has 0 aromatic heterocycles. The van der Waals surface area contributed by atoms with Crippen LogP contribution in [0.2, 0.25) is 0 Å². The Bertz CT molecular complexity index is 1480. The first-order valence-corrected chi connectivity index (χ1v) is 15.2.